The van der Waals surface area contributed by atoms with Crippen LogP contribution in [0.1, 0.15) is 17.8 Å². The number of hydrogen-bond acceptors (Lipinski definition) is 5. The maximum atomic E-state index is 9.78. The standard InChI is InChI=1S/C13H15NO3S/c1-8(6-17-2)13-14-11(7-18-13)10-4-3-9(15)5-12(10)16/h3-5,7-8,15-16H,6H2,1-2H3. The Hall–Kier alpha value is -1.59. The second-order valence-electron chi connectivity index (χ2n) is 4.13. The van der Waals surface area contributed by atoms with Crippen molar-refractivity contribution >= 4 is 11.3 Å². The summed E-state index contributed by atoms with van der Waals surface area (Å²) in [7, 11) is 1.66. The molecule has 1 atom stereocenters. The fourth-order valence-corrected chi connectivity index (χ4v) is 2.56. The lowest BCUT2D eigenvalue weighted by atomic mass is 10.1. The first-order chi connectivity index (χ1) is 8.61. The summed E-state index contributed by atoms with van der Waals surface area (Å²) in [6, 6.07) is 4.50. The van der Waals surface area contributed by atoms with E-state index in [1.54, 1.807) is 24.5 Å². The van der Waals surface area contributed by atoms with Gasteiger partial charge in [-0.3, -0.25) is 0 Å². The van der Waals surface area contributed by atoms with Crippen molar-refractivity contribution in [3.05, 3.63) is 28.6 Å². The van der Waals surface area contributed by atoms with Crippen molar-refractivity contribution in [3.63, 3.8) is 0 Å². The van der Waals surface area contributed by atoms with Crippen molar-refractivity contribution in [2.45, 2.75) is 12.8 Å². The van der Waals surface area contributed by atoms with Crippen LogP contribution in [-0.4, -0.2) is 28.9 Å². The number of phenolic OH excluding ortho intramolecular Hbond substituents is 2. The zero-order valence-electron chi connectivity index (χ0n) is 10.3. The molecular weight excluding hydrogens is 250 g/mol. The lowest BCUT2D eigenvalue weighted by Gasteiger charge is -2.05. The average Bonchev–Trinajstić information content (AvgIpc) is 2.78. The number of phenols is 2. The minimum absolute atomic E-state index is 0.0336. The van der Waals surface area contributed by atoms with E-state index in [0.29, 0.717) is 12.2 Å². The van der Waals surface area contributed by atoms with Crippen LogP contribution in [0.2, 0.25) is 0 Å². The van der Waals surface area contributed by atoms with E-state index in [1.807, 2.05) is 12.3 Å². The highest BCUT2D eigenvalue weighted by Gasteiger charge is 2.13. The van der Waals surface area contributed by atoms with Gasteiger partial charge in [0.1, 0.15) is 11.5 Å². The third kappa shape index (κ3) is 2.63. The van der Waals surface area contributed by atoms with Crippen LogP contribution in [-0.2, 0) is 4.74 Å². The summed E-state index contributed by atoms with van der Waals surface area (Å²) in [6.45, 7) is 2.66. The van der Waals surface area contributed by atoms with Crippen LogP contribution in [0, 0.1) is 0 Å². The van der Waals surface area contributed by atoms with Gasteiger partial charge in [0, 0.05) is 30.0 Å². The zero-order chi connectivity index (χ0) is 13.1. The Kier molecular flexibility index (Phi) is 3.84. The molecule has 0 saturated carbocycles. The Morgan fingerprint density at radius 3 is 2.83 bits per heavy atom. The molecule has 0 aliphatic carbocycles. The highest BCUT2D eigenvalue weighted by Crippen LogP contribution is 2.33. The van der Waals surface area contributed by atoms with E-state index >= 15 is 0 Å². The Morgan fingerprint density at radius 2 is 2.17 bits per heavy atom. The molecule has 0 amide bonds. The molecule has 4 nitrogen and oxygen atoms in total. The Bertz CT molecular complexity index is 539. The molecule has 2 rings (SSSR count). The summed E-state index contributed by atoms with van der Waals surface area (Å²) in [6.07, 6.45) is 0. The normalized spacial score (nSPS) is 12.6. The van der Waals surface area contributed by atoms with E-state index in [9.17, 15) is 10.2 Å². The van der Waals surface area contributed by atoms with Gasteiger partial charge in [-0.25, -0.2) is 4.98 Å². The first-order valence-electron chi connectivity index (χ1n) is 5.58. The maximum Gasteiger partial charge on any atom is 0.128 e. The fourth-order valence-electron chi connectivity index (χ4n) is 1.70. The van der Waals surface area contributed by atoms with Gasteiger partial charge >= 0.3 is 0 Å². The third-order valence-corrected chi connectivity index (χ3v) is 3.69. The number of benzene rings is 1. The molecule has 0 fully saturated rings. The number of ether oxygens (including phenoxy) is 1. The molecule has 0 aliphatic rings. The molecule has 0 bridgehead atoms. The predicted octanol–water partition coefficient (Wildman–Crippen LogP) is 2.97. The van der Waals surface area contributed by atoms with Gasteiger partial charge in [0.25, 0.3) is 0 Å². The van der Waals surface area contributed by atoms with Gasteiger partial charge in [0.05, 0.1) is 17.3 Å². The SMILES string of the molecule is COCC(C)c1nc(-c2ccc(O)cc2O)cs1. The van der Waals surface area contributed by atoms with Crippen molar-refractivity contribution < 1.29 is 14.9 Å². The highest BCUT2D eigenvalue weighted by molar-refractivity contribution is 7.10. The molecule has 0 spiro atoms. The van der Waals surface area contributed by atoms with Crippen molar-refractivity contribution in [3.8, 4) is 22.8 Å². The summed E-state index contributed by atoms with van der Waals surface area (Å²) >= 11 is 1.54. The summed E-state index contributed by atoms with van der Waals surface area (Å²) in [5.74, 6) is 0.304. The second kappa shape index (κ2) is 5.37. The number of rotatable bonds is 4. The van der Waals surface area contributed by atoms with Crippen molar-refractivity contribution in [1.29, 1.82) is 0 Å². The quantitative estimate of drug-likeness (QED) is 0.892. The molecule has 2 aromatic rings. The van der Waals surface area contributed by atoms with Crippen LogP contribution in [0.5, 0.6) is 11.5 Å². The largest absolute Gasteiger partial charge is 0.508 e. The Balaban J connectivity index is 2.29. The lowest BCUT2D eigenvalue weighted by Crippen LogP contribution is -2.01. The van der Waals surface area contributed by atoms with Crippen molar-refractivity contribution in [2.24, 2.45) is 0 Å². The van der Waals surface area contributed by atoms with E-state index in [1.165, 1.54) is 12.1 Å². The molecule has 1 heterocycles. The van der Waals surface area contributed by atoms with Gasteiger partial charge in [0.15, 0.2) is 0 Å². The number of methoxy groups -OCH3 is 1. The Morgan fingerprint density at radius 1 is 1.39 bits per heavy atom. The summed E-state index contributed by atoms with van der Waals surface area (Å²) in [5, 5.41) is 21.9. The van der Waals surface area contributed by atoms with Crippen LogP contribution in [0.4, 0.5) is 0 Å². The number of thiazole rings is 1. The molecular formula is C13H15NO3S. The van der Waals surface area contributed by atoms with Gasteiger partial charge in [-0.15, -0.1) is 11.3 Å². The monoisotopic (exact) mass is 265 g/mol. The predicted molar refractivity (Wildman–Crippen MR) is 71.2 cm³/mol. The molecule has 2 N–H and O–H groups in total. The van der Waals surface area contributed by atoms with Gasteiger partial charge < -0.3 is 14.9 Å². The van der Waals surface area contributed by atoms with Crippen LogP contribution in [0.3, 0.4) is 0 Å². The topological polar surface area (TPSA) is 62.6 Å². The number of aromatic nitrogens is 1. The van der Waals surface area contributed by atoms with Gasteiger partial charge in [-0.2, -0.15) is 0 Å². The minimum Gasteiger partial charge on any atom is -0.508 e. The first-order valence-corrected chi connectivity index (χ1v) is 6.46. The highest BCUT2D eigenvalue weighted by atomic mass is 32.1. The molecule has 1 aromatic carbocycles. The lowest BCUT2D eigenvalue weighted by molar-refractivity contribution is 0.184. The molecule has 1 aromatic heterocycles. The van der Waals surface area contributed by atoms with Gasteiger partial charge in [-0.05, 0) is 12.1 Å². The van der Waals surface area contributed by atoms with Crippen LogP contribution >= 0.6 is 11.3 Å². The van der Waals surface area contributed by atoms with Crippen molar-refractivity contribution in [1.82, 2.24) is 4.98 Å². The maximum absolute atomic E-state index is 9.78. The second-order valence-corrected chi connectivity index (χ2v) is 5.02. The van der Waals surface area contributed by atoms with Gasteiger partial charge in [-0.1, -0.05) is 6.92 Å². The van der Waals surface area contributed by atoms with Gasteiger partial charge in [0.2, 0.25) is 0 Å². The smallest absolute Gasteiger partial charge is 0.128 e. The molecule has 18 heavy (non-hydrogen) atoms. The van der Waals surface area contributed by atoms with E-state index in [-0.39, 0.29) is 17.4 Å². The third-order valence-electron chi connectivity index (χ3n) is 2.62. The molecule has 0 radical (unpaired) electrons. The van der Waals surface area contributed by atoms with E-state index in [4.69, 9.17) is 4.74 Å². The fraction of sp³-hybridized carbons (Fsp3) is 0.308. The summed E-state index contributed by atoms with van der Waals surface area (Å²) in [5.41, 5.74) is 1.34. The van der Waals surface area contributed by atoms with Crippen LogP contribution in [0.15, 0.2) is 23.6 Å². The first kappa shape index (κ1) is 12.9. The van der Waals surface area contributed by atoms with Crippen LogP contribution in [0.25, 0.3) is 11.3 Å². The molecule has 1 unspecified atom stereocenters. The number of aromatic hydroxyl groups is 2. The van der Waals surface area contributed by atoms with Crippen LogP contribution < -0.4 is 0 Å². The minimum atomic E-state index is 0.0336. The number of hydrogen-bond donors (Lipinski definition) is 2. The Labute approximate surface area is 110 Å². The molecule has 96 valence electrons. The number of nitrogens with zero attached hydrogens (tertiary/aromatic N) is 1. The average molecular weight is 265 g/mol. The zero-order valence-corrected chi connectivity index (χ0v) is 11.1. The van der Waals surface area contributed by atoms with E-state index in [2.05, 4.69) is 4.98 Å². The molecule has 5 heteroatoms. The van der Waals surface area contributed by atoms with E-state index in [0.717, 1.165) is 10.7 Å². The molecule has 0 aliphatic heterocycles. The van der Waals surface area contributed by atoms with Crippen molar-refractivity contribution in [2.75, 3.05) is 13.7 Å². The summed E-state index contributed by atoms with van der Waals surface area (Å²) < 4.78 is 5.10. The summed E-state index contributed by atoms with van der Waals surface area (Å²) in [4.78, 5) is 4.49. The van der Waals surface area contributed by atoms with E-state index < -0.39 is 0 Å². The molecule has 0 saturated heterocycles.